The Bertz CT molecular complexity index is 1050. The van der Waals surface area contributed by atoms with Crippen LogP contribution in [0.2, 0.25) is 0 Å². The van der Waals surface area contributed by atoms with Gasteiger partial charge in [0.2, 0.25) is 11.8 Å². The van der Waals surface area contributed by atoms with Gasteiger partial charge in [-0.25, -0.2) is 4.79 Å². The number of hydrogen-bond donors (Lipinski definition) is 3. The van der Waals surface area contributed by atoms with E-state index in [0.717, 1.165) is 5.56 Å². The monoisotopic (exact) mass is 450 g/mol. The number of hydrogen-bond acceptors (Lipinski definition) is 4. The molecule has 2 aliphatic rings. The summed E-state index contributed by atoms with van der Waals surface area (Å²) in [5.41, 5.74) is 1.97. The van der Waals surface area contributed by atoms with Gasteiger partial charge in [-0.15, -0.1) is 0 Å². The summed E-state index contributed by atoms with van der Waals surface area (Å²) in [7, 11) is 0. The number of amides is 4. The Morgan fingerprint density at radius 1 is 1.03 bits per heavy atom. The van der Waals surface area contributed by atoms with E-state index in [1.54, 1.807) is 29.2 Å². The van der Waals surface area contributed by atoms with Gasteiger partial charge in [0.05, 0.1) is 17.3 Å². The molecular formula is C24H26N4O5. The Morgan fingerprint density at radius 3 is 2.39 bits per heavy atom. The van der Waals surface area contributed by atoms with Gasteiger partial charge in [0.15, 0.2) is 0 Å². The van der Waals surface area contributed by atoms with E-state index < -0.39 is 24.0 Å². The van der Waals surface area contributed by atoms with Crippen LogP contribution in [0.3, 0.4) is 0 Å². The summed E-state index contributed by atoms with van der Waals surface area (Å²) in [5, 5.41) is 14.8. The number of piperidine rings is 1. The highest BCUT2D eigenvalue weighted by Crippen LogP contribution is 2.29. The predicted molar refractivity (Wildman–Crippen MR) is 122 cm³/mol. The first-order valence-corrected chi connectivity index (χ1v) is 10.9. The molecular weight excluding hydrogens is 424 g/mol. The lowest BCUT2D eigenvalue weighted by Crippen LogP contribution is -2.56. The third kappa shape index (κ3) is 5.14. The number of nitrogens with zero attached hydrogens (tertiary/aromatic N) is 2. The molecule has 1 fully saturated rings. The van der Waals surface area contributed by atoms with Crippen LogP contribution < -0.4 is 15.5 Å². The minimum Gasteiger partial charge on any atom is -0.481 e. The van der Waals surface area contributed by atoms with Crippen LogP contribution in [0.4, 0.5) is 16.2 Å². The molecule has 3 N–H and O–H groups in total. The second-order valence-corrected chi connectivity index (χ2v) is 8.28. The van der Waals surface area contributed by atoms with E-state index in [0.29, 0.717) is 37.3 Å². The molecule has 4 amide bonds. The number of para-hydroxylation sites is 2. The summed E-state index contributed by atoms with van der Waals surface area (Å²) in [5.74, 6) is -1.88. The van der Waals surface area contributed by atoms with Crippen LogP contribution in [0, 0.1) is 5.92 Å². The van der Waals surface area contributed by atoms with Crippen LogP contribution >= 0.6 is 0 Å². The molecule has 1 saturated heterocycles. The van der Waals surface area contributed by atoms with Crippen molar-refractivity contribution in [3.63, 3.8) is 0 Å². The van der Waals surface area contributed by atoms with Gasteiger partial charge >= 0.3 is 12.0 Å². The lowest BCUT2D eigenvalue weighted by Gasteiger charge is -2.34. The molecule has 0 saturated carbocycles. The zero-order valence-electron chi connectivity index (χ0n) is 18.1. The topological polar surface area (TPSA) is 119 Å². The van der Waals surface area contributed by atoms with E-state index >= 15 is 0 Å². The first-order valence-electron chi connectivity index (χ1n) is 10.9. The zero-order valence-corrected chi connectivity index (χ0v) is 18.1. The van der Waals surface area contributed by atoms with Crippen molar-refractivity contribution in [3.05, 3.63) is 60.2 Å². The first kappa shape index (κ1) is 22.3. The number of anilines is 2. The number of fused-ring (bicyclic) bond motifs is 1. The van der Waals surface area contributed by atoms with Crippen LogP contribution in [-0.2, 0) is 20.8 Å². The van der Waals surface area contributed by atoms with Gasteiger partial charge in [-0.3, -0.25) is 19.3 Å². The molecule has 0 aliphatic carbocycles. The number of nitrogens with one attached hydrogen (secondary N) is 2. The van der Waals surface area contributed by atoms with E-state index in [1.807, 2.05) is 30.3 Å². The molecule has 0 spiro atoms. The van der Waals surface area contributed by atoms with Gasteiger partial charge in [-0.1, -0.05) is 42.5 Å². The maximum Gasteiger partial charge on any atom is 0.323 e. The fraction of sp³-hybridized carbons (Fsp3) is 0.333. The molecule has 1 atom stereocenters. The number of carboxylic acid groups (broad SMARTS) is 1. The number of likely N-dealkylation sites (tertiary alicyclic amines) is 1. The summed E-state index contributed by atoms with van der Waals surface area (Å²) in [6.07, 6.45) is 1.05. The number of carboxylic acids is 1. The highest BCUT2D eigenvalue weighted by molar-refractivity contribution is 6.10. The third-order valence-corrected chi connectivity index (χ3v) is 6.05. The van der Waals surface area contributed by atoms with E-state index in [1.165, 1.54) is 4.90 Å². The third-order valence-electron chi connectivity index (χ3n) is 6.05. The molecule has 2 aromatic carbocycles. The van der Waals surface area contributed by atoms with Crippen molar-refractivity contribution in [2.45, 2.75) is 25.3 Å². The van der Waals surface area contributed by atoms with Crippen LogP contribution in [0.1, 0.15) is 18.4 Å². The SMILES string of the molecule is O=C1CN(C(=O)NC(Cc2ccccc2)C(=O)N2CCC(C(=O)O)CC2)c2ccccc2N1. The van der Waals surface area contributed by atoms with Crippen LogP contribution in [-0.4, -0.2) is 59.5 Å². The summed E-state index contributed by atoms with van der Waals surface area (Å²) in [4.78, 5) is 52.9. The number of benzene rings is 2. The highest BCUT2D eigenvalue weighted by Gasteiger charge is 2.34. The van der Waals surface area contributed by atoms with Gasteiger partial charge < -0.3 is 20.6 Å². The van der Waals surface area contributed by atoms with E-state index in [-0.39, 0.29) is 24.8 Å². The van der Waals surface area contributed by atoms with Gasteiger partial charge in [0.1, 0.15) is 12.6 Å². The van der Waals surface area contributed by atoms with Crippen molar-refractivity contribution in [3.8, 4) is 0 Å². The Kier molecular flexibility index (Phi) is 6.58. The second-order valence-electron chi connectivity index (χ2n) is 8.28. The van der Waals surface area contributed by atoms with Crippen LogP contribution in [0.5, 0.6) is 0 Å². The zero-order chi connectivity index (χ0) is 23.4. The number of carbonyl (C=O) groups is 4. The lowest BCUT2D eigenvalue weighted by molar-refractivity contribution is -0.146. The summed E-state index contributed by atoms with van der Waals surface area (Å²) >= 11 is 0. The van der Waals surface area contributed by atoms with Gasteiger partial charge in [-0.05, 0) is 30.5 Å². The molecule has 33 heavy (non-hydrogen) atoms. The Hall–Kier alpha value is -3.88. The molecule has 9 heteroatoms. The Labute approximate surface area is 191 Å². The summed E-state index contributed by atoms with van der Waals surface area (Å²) in [6, 6.07) is 15.0. The molecule has 2 aliphatic heterocycles. The molecule has 9 nitrogen and oxygen atoms in total. The molecule has 0 aromatic heterocycles. The molecule has 2 aromatic rings. The van der Waals surface area contributed by atoms with Crippen LogP contribution in [0.25, 0.3) is 0 Å². The van der Waals surface area contributed by atoms with E-state index in [9.17, 15) is 24.3 Å². The fourth-order valence-corrected chi connectivity index (χ4v) is 4.26. The fourth-order valence-electron chi connectivity index (χ4n) is 4.26. The summed E-state index contributed by atoms with van der Waals surface area (Å²) in [6.45, 7) is 0.497. The van der Waals surface area contributed by atoms with Gasteiger partial charge in [0, 0.05) is 19.5 Å². The van der Waals surface area contributed by atoms with Gasteiger partial charge in [0.25, 0.3) is 0 Å². The molecule has 172 valence electrons. The standard InChI is InChI=1S/C24H26N4O5/c29-21-15-28(20-9-5-4-8-18(20)25-21)24(33)26-19(14-16-6-2-1-3-7-16)22(30)27-12-10-17(11-13-27)23(31)32/h1-9,17,19H,10-15H2,(H,25,29)(H,26,33)(H,31,32). The number of rotatable bonds is 5. The number of urea groups is 1. The average Bonchev–Trinajstić information content (AvgIpc) is 2.83. The molecule has 0 bridgehead atoms. The van der Waals surface area contributed by atoms with Crippen molar-refractivity contribution in [1.82, 2.24) is 10.2 Å². The molecule has 1 unspecified atom stereocenters. The largest absolute Gasteiger partial charge is 0.481 e. The van der Waals surface area contributed by atoms with E-state index in [4.69, 9.17) is 0 Å². The van der Waals surface area contributed by atoms with Crippen molar-refractivity contribution >= 4 is 35.2 Å². The minimum absolute atomic E-state index is 0.154. The molecule has 4 rings (SSSR count). The van der Waals surface area contributed by atoms with E-state index in [2.05, 4.69) is 10.6 Å². The maximum absolute atomic E-state index is 13.4. The average molecular weight is 450 g/mol. The second kappa shape index (κ2) is 9.72. The minimum atomic E-state index is -0.849. The van der Waals surface area contributed by atoms with Crippen LogP contribution in [0.15, 0.2) is 54.6 Å². The Morgan fingerprint density at radius 2 is 1.70 bits per heavy atom. The van der Waals surface area contributed by atoms with Gasteiger partial charge in [-0.2, -0.15) is 0 Å². The van der Waals surface area contributed by atoms with Crippen molar-refractivity contribution in [2.24, 2.45) is 5.92 Å². The Balaban J connectivity index is 1.53. The predicted octanol–water partition coefficient (Wildman–Crippen LogP) is 2.09. The number of carbonyl (C=O) groups excluding carboxylic acids is 3. The molecule has 2 heterocycles. The quantitative estimate of drug-likeness (QED) is 0.645. The lowest BCUT2D eigenvalue weighted by atomic mass is 9.96. The van der Waals surface area contributed by atoms with Crippen molar-refractivity contribution < 1.29 is 24.3 Å². The smallest absolute Gasteiger partial charge is 0.323 e. The van der Waals surface area contributed by atoms with Crippen molar-refractivity contribution in [2.75, 3.05) is 29.9 Å². The maximum atomic E-state index is 13.4. The number of aliphatic carboxylic acids is 1. The van der Waals surface area contributed by atoms with Crippen molar-refractivity contribution in [1.29, 1.82) is 0 Å². The first-order chi connectivity index (χ1) is 15.9. The normalized spacial score (nSPS) is 17.0. The highest BCUT2D eigenvalue weighted by atomic mass is 16.4. The molecule has 0 radical (unpaired) electrons. The summed E-state index contributed by atoms with van der Waals surface area (Å²) < 4.78 is 0.